The quantitative estimate of drug-likeness (QED) is 0.349. The largest absolute Gasteiger partial charge is 0.338 e. The van der Waals surface area contributed by atoms with E-state index in [2.05, 4.69) is 22.5 Å². The first-order chi connectivity index (χ1) is 13.5. The number of imidazole rings is 1. The van der Waals surface area contributed by atoms with Crippen LogP contribution in [-0.2, 0) is 0 Å². The fourth-order valence-corrected chi connectivity index (χ4v) is 3.45. The van der Waals surface area contributed by atoms with E-state index in [0.29, 0.717) is 10.1 Å². The molecule has 28 heavy (non-hydrogen) atoms. The van der Waals surface area contributed by atoms with Crippen LogP contribution in [0.1, 0.15) is 11.1 Å². The zero-order chi connectivity index (χ0) is 19.7. The van der Waals surface area contributed by atoms with Crippen LogP contribution in [0, 0.1) is 13.8 Å². The lowest BCUT2D eigenvalue weighted by atomic mass is 10.1. The number of thiocarbonyl (C=S) groups is 1. The zero-order valence-corrected chi connectivity index (χ0v) is 17.1. The van der Waals surface area contributed by atoms with Gasteiger partial charge in [-0.1, -0.05) is 41.4 Å². The second-order valence-corrected chi connectivity index (χ2v) is 7.54. The fourth-order valence-electron chi connectivity index (χ4n) is 3.05. The minimum Gasteiger partial charge on any atom is -0.338 e. The van der Waals surface area contributed by atoms with Gasteiger partial charge in [-0.2, -0.15) is 0 Å². The number of anilines is 2. The van der Waals surface area contributed by atoms with Crippen molar-refractivity contribution in [3.8, 4) is 11.4 Å². The monoisotopic (exact) mass is 406 g/mol. The molecule has 1 aromatic heterocycles. The van der Waals surface area contributed by atoms with E-state index in [0.717, 1.165) is 39.4 Å². The summed E-state index contributed by atoms with van der Waals surface area (Å²) in [6, 6.07) is 19.7. The summed E-state index contributed by atoms with van der Waals surface area (Å²) in [5.41, 5.74) is 6.86. The molecule has 0 aliphatic carbocycles. The molecule has 1 heterocycles. The number of aromatic nitrogens is 2. The molecule has 0 spiro atoms. The summed E-state index contributed by atoms with van der Waals surface area (Å²) in [5, 5.41) is 7.60. The second kappa shape index (κ2) is 7.62. The van der Waals surface area contributed by atoms with Gasteiger partial charge in [0.05, 0.1) is 16.7 Å². The molecular formula is C22H19ClN4S. The highest BCUT2D eigenvalue weighted by Crippen LogP contribution is 2.31. The maximum Gasteiger partial charge on any atom is 0.175 e. The molecule has 0 saturated heterocycles. The van der Waals surface area contributed by atoms with Crippen molar-refractivity contribution in [3.05, 3.63) is 76.8 Å². The Morgan fingerprint density at radius 2 is 1.79 bits per heavy atom. The van der Waals surface area contributed by atoms with Crippen molar-refractivity contribution in [3.63, 3.8) is 0 Å². The summed E-state index contributed by atoms with van der Waals surface area (Å²) in [7, 11) is 0. The average molecular weight is 407 g/mol. The lowest BCUT2D eigenvalue weighted by Crippen LogP contribution is -2.19. The molecule has 0 unspecified atom stereocenters. The van der Waals surface area contributed by atoms with E-state index >= 15 is 0 Å². The number of aryl methyl sites for hydroxylation is 2. The molecular weight excluding hydrogens is 388 g/mol. The standard InChI is InChI=1S/C22H19ClN4S/c1-13-6-9-16(10-7-13)24-22(28)26-18-11-8-15(23)12-17(18)21-25-19-5-3-4-14(2)20(19)27-21/h3-12H,1-2H3,(H,25,27)(H2,24,26,28). The van der Waals surface area contributed by atoms with Gasteiger partial charge in [-0.3, -0.25) is 0 Å². The molecule has 3 N–H and O–H groups in total. The van der Waals surface area contributed by atoms with Crippen molar-refractivity contribution in [1.29, 1.82) is 0 Å². The van der Waals surface area contributed by atoms with Gasteiger partial charge < -0.3 is 15.6 Å². The number of rotatable bonds is 3. The summed E-state index contributed by atoms with van der Waals surface area (Å²) in [6.45, 7) is 4.10. The predicted molar refractivity (Wildman–Crippen MR) is 122 cm³/mol. The molecule has 4 rings (SSSR count). The van der Waals surface area contributed by atoms with Gasteiger partial charge in [0.2, 0.25) is 0 Å². The fraction of sp³-hybridized carbons (Fsp3) is 0.0909. The molecule has 0 amide bonds. The summed E-state index contributed by atoms with van der Waals surface area (Å²) in [4.78, 5) is 8.14. The molecule has 0 radical (unpaired) electrons. The zero-order valence-electron chi connectivity index (χ0n) is 15.5. The summed E-state index contributed by atoms with van der Waals surface area (Å²) < 4.78 is 0. The van der Waals surface area contributed by atoms with Gasteiger partial charge in [0, 0.05) is 16.3 Å². The maximum atomic E-state index is 6.26. The molecule has 0 aliphatic rings. The Morgan fingerprint density at radius 1 is 1.00 bits per heavy atom. The van der Waals surface area contributed by atoms with Crippen LogP contribution in [0.3, 0.4) is 0 Å². The third-order valence-electron chi connectivity index (χ3n) is 4.51. The van der Waals surface area contributed by atoms with Crippen molar-refractivity contribution in [1.82, 2.24) is 9.97 Å². The van der Waals surface area contributed by atoms with Crippen LogP contribution >= 0.6 is 23.8 Å². The lowest BCUT2D eigenvalue weighted by Gasteiger charge is -2.14. The van der Waals surface area contributed by atoms with Crippen LogP contribution in [0.25, 0.3) is 22.4 Å². The maximum absolute atomic E-state index is 6.26. The Hall–Kier alpha value is -2.89. The predicted octanol–water partition coefficient (Wildman–Crippen LogP) is 6.31. The van der Waals surface area contributed by atoms with E-state index < -0.39 is 0 Å². The van der Waals surface area contributed by atoms with Crippen LogP contribution in [0.2, 0.25) is 5.02 Å². The Bertz CT molecular complexity index is 1170. The van der Waals surface area contributed by atoms with Gasteiger partial charge in [-0.25, -0.2) is 4.98 Å². The van der Waals surface area contributed by atoms with E-state index in [1.54, 1.807) is 0 Å². The van der Waals surface area contributed by atoms with Gasteiger partial charge in [0.15, 0.2) is 5.11 Å². The number of halogens is 1. The van der Waals surface area contributed by atoms with Gasteiger partial charge in [0.25, 0.3) is 0 Å². The molecule has 140 valence electrons. The number of fused-ring (bicyclic) bond motifs is 1. The number of benzene rings is 3. The third-order valence-corrected chi connectivity index (χ3v) is 4.95. The number of hydrogen-bond donors (Lipinski definition) is 3. The highest BCUT2D eigenvalue weighted by atomic mass is 35.5. The molecule has 0 aliphatic heterocycles. The second-order valence-electron chi connectivity index (χ2n) is 6.69. The molecule has 6 heteroatoms. The summed E-state index contributed by atoms with van der Waals surface area (Å²) in [5.74, 6) is 0.743. The van der Waals surface area contributed by atoms with Crippen molar-refractivity contribution in [2.75, 3.05) is 10.6 Å². The van der Waals surface area contributed by atoms with E-state index in [1.165, 1.54) is 5.56 Å². The van der Waals surface area contributed by atoms with Crippen molar-refractivity contribution in [2.24, 2.45) is 0 Å². The smallest absolute Gasteiger partial charge is 0.175 e. The Kier molecular flexibility index (Phi) is 5.03. The molecule has 0 atom stereocenters. The first-order valence-electron chi connectivity index (χ1n) is 8.89. The van der Waals surface area contributed by atoms with Crippen molar-refractivity contribution < 1.29 is 0 Å². The molecule has 4 aromatic rings. The summed E-state index contributed by atoms with van der Waals surface area (Å²) >= 11 is 11.8. The van der Waals surface area contributed by atoms with Gasteiger partial charge in [-0.15, -0.1) is 0 Å². The van der Waals surface area contributed by atoms with E-state index in [-0.39, 0.29) is 0 Å². The normalized spacial score (nSPS) is 10.8. The van der Waals surface area contributed by atoms with Crippen LogP contribution < -0.4 is 10.6 Å². The van der Waals surface area contributed by atoms with E-state index in [4.69, 9.17) is 28.8 Å². The van der Waals surface area contributed by atoms with E-state index in [9.17, 15) is 0 Å². The summed E-state index contributed by atoms with van der Waals surface area (Å²) in [6.07, 6.45) is 0. The molecule has 0 bridgehead atoms. The average Bonchev–Trinajstić information content (AvgIpc) is 3.11. The first-order valence-corrected chi connectivity index (χ1v) is 9.68. The topological polar surface area (TPSA) is 52.7 Å². The number of H-pyrrole nitrogens is 1. The van der Waals surface area contributed by atoms with Crippen LogP contribution in [0.4, 0.5) is 11.4 Å². The molecule has 4 nitrogen and oxygen atoms in total. The van der Waals surface area contributed by atoms with Gasteiger partial charge in [0.1, 0.15) is 5.82 Å². The third kappa shape index (κ3) is 3.86. The van der Waals surface area contributed by atoms with Crippen molar-refractivity contribution >= 4 is 51.3 Å². The lowest BCUT2D eigenvalue weighted by molar-refractivity contribution is 1.33. The SMILES string of the molecule is Cc1ccc(NC(=S)Nc2ccc(Cl)cc2-c2nc3c(C)cccc3[nH]2)cc1. The van der Waals surface area contributed by atoms with Crippen molar-refractivity contribution in [2.45, 2.75) is 13.8 Å². The van der Waals surface area contributed by atoms with Gasteiger partial charge >= 0.3 is 0 Å². The molecule has 3 aromatic carbocycles. The Labute approximate surface area is 174 Å². The molecule has 0 saturated carbocycles. The van der Waals surface area contributed by atoms with Gasteiger partial charge in [-0.05, 0) is 68.0 Å². The van der Waals surface area contributed by atoms with Crippen LogP contribution in [0.5, 0.6) is 0 Å². The van der Waals surface area contributed by atoms with Crippen LogP contribution in [0.15, 0.2) is 60.7 Å². The highest BCUT2D eigenvalue weighted by molar-refractivity contribution is 7.80. The number of para-hydroxylation sites is 1. The number of aromatic amines is 1. The first kappa shape index (κ1) is 18.5. The highest BCUT2D eigenvalue weighted by Gasteiger charge is 2.13. The minimum atomic E-state index is 0.500. The Balaban J connectivity index is 1.65. The van der Waals surface area contributed by atoms with Crippen LogP contribution in [-0.4, -0.2) is 15.1 Å². The Morgan fingerprint density at radius 3 is 2.54 bits per heavy atom. The number of hydrogen-bond acceptors (Lipinski definition) is 2. The molecule has 0 fully saturated rings. The van der Waals surface area contributed by atoms with E-state index in [1.807, 2.05) is 67.6 Å². The number of nitrogens with one attached hydrogen (secondary N) is 3. The minimum absolute atomic E-state index is 0.500. The number of nitrogens with zero attached hydrogens (tertiary/aromatic N) is 1.